The minimum atomic E-state index is 0.0286. The van der Waals surface area contributed by atoms with Gasteiger partial charge >= 0.3 is 5.97 Å². The maximum absolute atomic E-state index is 12.8. The van der Waals surface area contributed by atoms with Gasteiger partial charge in [0.1, 0.15) is 6.10 Å². The van der Waals surface area contributed by atoms with Gasteiger partial charge in [-0.05, 0) is 117 Å². The minimum absolute atomic E-state index is 0.0286. The van der Waals surface area contributed by atoms with Gasteiger partial charge in [0, 0.05) is 17.7 Å². The number of rotatable bonds is 10. The molecule has 0 amide bonds. The molecule has 4 rings (SSSR count). The first-order valence-corrected chi connectivity index (χ1v) is 16.0. The molecule has 0 spiro atoms. The van der Waals surface area contributed by atoms with Crippen LogP contribution in [0.15, 0.2) is 0 Å². The van der Waals surface area contributed by atoms with Gasteiger partial charge < -0.3 is 4.74 Å². The summed E-state index contributed by atoms with van der Waals surface area (Å²) in [7, 11) is 0. The SMILES string of the molecule is CC(C)CCC[C@H](C)[C@@H]1CC[C@H]2[C@H]3CC[C@H]4CCCC(OC(=O)CCCCCl)[C@]4(C)[C@H]3CC[C@@]21C. The number of hydrogen-bond donors (Lipinski definition) is 0. The van der Waals surface area contributed by atoms with E-state index < -0.39 is 0 Å². The number of carbonyl (C=O) groups is 1. The molecule has 4 aliphatic rings. The van der Waals surface area contributed by atoms with Crippen LogP contribution in [0.1, 0.15) is 131 Å². The van der Waals surface area contributed by atoms with E-state index in [2.05, 4.69) is 34.6 Å². The molecule has 0 aromatic carbocycles. The minimum Gasteiger partial charge on any atom is -0.462 e. The van der Waals surface area contributed by atoms with Gasteiger partial charge in [-0.1, -0.05) is 53.9 Å². The van der Waals surface area contributed by atoms with Gasteiger partial charge in [0.05, 0.1) is 0 Å². The summed E-state index contributed by atoms with van der Waals surface area (Å²) < 4.78 is 6.34. The number of halogens is 1. The van der Waals surface area contributed by atoms with E-state index in [-0.39, 0.29) is 17.5 Å². The standard InChI is InChI=1S/C32H55ClO2/c1-22(2)10-8-11-23(3)26-17-18-27-25-16-15-24-12-9-13-29(35-30(34)14-6-7-21-33)32(24,5)28(25)19-20-31(26,27)4/h22-29H,6-21H2,1-5H3/t23-,24+,25+,26-,27-,28-,29?,31+,32-/m0/s1. The van der Waals surface area contributed by atoms with Crippen molar-refractivity contribution in [3.05, 3.63) is 0 Å². The number of esters is 1. The maximum Gasteiger partial charge on any atom is 0.306 e. The lowest BCUT2D eigenvalue weighted by atomic mass is 9.44. The second kappa shape index (κ2) is 11.7. The predicted octanol–water partition coefficient (Wildman–Crippen LogP) is 9.43. The van der Waals surface area contributed by atoms with Gasteiger partial charge in [-0.15, -0.1) is 11.6 Å². The first-order valence-electron chi connectivity index (χ1n) is 15.5. The Morgan fingerprint density at radius 3 is 2.46 bits per heavy atom. The number of hydrogen-bond acceptors (Lipinski definition) is 2. The van der Waals surface area contributed by atoms with Crippen LogP contribution in [0.5, 0.6) is 0 Å². The summed E-state index contributed by atoms with van der Waals surface area (Å²) in [4.78, 5) is 12.8. The summed E-state index contributed by atoms with van der Waals surface area (Å²) in [6.45, 7) is 12.5. The van der Waals surface area contributed by atoms with E-state index >= 15 is 0 Å². The van der Waals surface area contributed by atoms with Crippen LogP contribution in [0, 0.1) is 52.3 Å². The molecule has 35 heavy (non-hydrogen) atoms. The highest BCUT2D eigenvalue weighted by Crippen LogP contribution is 2.68. The lowest BCUT2D eigenvalue weighted by Gasteiger charge is -2.62. The molecule has 9 atom stereocenters. The Kier molecular flexibility index (Phi) is 9.25. The molecule has 0 bridgehead atoms. The molecule has 3 heteroatoms. The summed E-state index contributed by atoms with van der Waals surface area (Å²) in [5.41, 5.74) is 0.718. The second-order valence-corrected chi connectivity index (χ2v) is 14.5. The normalized spacial score (nSPS) is 41.7. The van der Waals surface area contributed by atoms with Crippen molar-refractivity contribution in [3.8, 4) is 0 Å². The zero-order chi connectivity index (χ0) is 25.2. The highest BCUT2D eigenvalue weighted by molar-refractivity contribution is 6.17. The third kappa shape index (κ3) is 5.49. The van der Waals surface area contributed by atoms with Crippen molar-refractivity contribution in [1.29, 1.82) is 0 Å². The zero-order valence-corrected chi connectivity index (χ0v) is 24.4. The number of unbranched alkanes of at least 4 members (excludes halogenated alkanes) is 1. The quantitative estimate of drug-likeness (QED) is 0.167. The lowest BCUT2D eigenvalue weighted by molar-refractivity contribution is -0.192. The molecule has 0 aromatic heterocycles. The fourth-order valence-electron chi connectivity index (χ4n) is 10.1. The van der Waals surface area contributed by atoms with Crippen LogP contribution >= 0.6 is 11.6 Å². The molecule has 4 fully saturated rings. The zero-order valence-electron chi connectivity index (χ0n) is 23.6. The number of alkyl halides is 1. The lowest BCUT2D eigenvalue weighted by Crippen LogP contribution is -2.58. The molecule has 0 aliphatic heterocycles. The monoisotopic (exact) mass is 506 g/mol. The Hall–Kier alpha value is -0.240. The average molecular weight is 507 g/mol. The Morgan fingerprint density at radius 1 is 0.914 bits per heavy atom. The van der Waals surface area contributed by atoms with Crippen LogP contribution in [0.4, 0.5) is 0 Å². The number of ether oxygens (including phenoxy) is 1. The fourth-order valence-corrected chi connectivity index (χ4v) is 10.3. The summed E-state index contributed by atoms with van der Waals surface area (Å²) in [5, 5.41) is 0. The third-order valence-corrected chi connectivity index (χ3v) is 12.2. The molecule has 0 aromatic rings. The maximum atomic E-state index is 12.8. The van der Waals surface area contributed by atoms with Crippen molar-refractivity contribution >= 4 is 17.6 Å². The van der Waals surface area contributed by atoms with Crippen molar-refractivity contribution in [2.24, 2.45) is 52.3 Å². The van der Waals surface area contributed by atoms with Crippen LogP contribution in [-0.4, -0.2) is 18.0 Å². The average Bonchev–Trinajstić information content (AvgIpc) is 3.17. The van der Waals surface area contributed by atoms with E-state index in [1.807, 2.05) is 0 Å². The highest BCUT2D eigenvalue weighted by Gasteiger charge is 2.62. The van der Waals surface area contributed by atoms with Gasteiger partial charge in [0.15, 0.2) is 0 Å². The fraction of sp³-hybridized carbons (Fsp3) is 0.969. The molecular weight excluding hydrogens is 452 g/mol. The molecule has 0 heterocycles. The van der Waals surface area contributed by atoms with Crippen LogP contribution in [0.25, 0.3) is 0 Å². The molecule has 4 saturated carbocycles. The third-order valence-electron chi connectivity index (χ3n) is 11.9. The molecule has 1 unspecified atom stereocenters. The van der Waals surface area contributed by atoms with Crippen LogP contribution < -0.4 is 0 Å². The van der Waals surface area contributed by atoms with Crippen molar-refractivity contribution in [1.82, 2.24) is 0 Å². The van der Waals surface area contributed by atoms with Crippen LogP contribution in [0.3, 0.4) is 0 Å². The van der Waals surface area contributed by atoms with E-state index in [0.717, 1.165) is 60.7 Å². The van der Waals surface area contributed by atoms with Crippen molar-refractivity contribution in [2.75, 3.05) is 5.88 Å². The van der Waals surface area contributed by atoms with E-state index in [4.69, 9.17) is 16.3 Å². The van der Waals surface area contributed by atoms with Gasteiger partial charge in [-0.25, -0.2) is 0 Å². The summed E-state index contributed by atoms with van der Waals surface area (Å²) in [6.07, 6.45) is 18.7. The molecule has 202 valence electrons. The molecular formula is C32H55ClO2. The van der Waals surface area contributed by atoms with Gasteiger partial charge in [-0.2, -0.15) is 0 Å². The Labute approximate surface area is 222 Å². The summed E-state index contributed by atoms with van der Waals surface area (Å²) in [5.74, 6) is 6.50. The highest BCUT2D eigenvalue weighted by atomic mass is 35.5. The summed E-state index contributed by atoms with van der Waals surface area (Å²) in [6, 6.07) is 0. The smallest absolute Gasteiger partial charge is 0.306 e. The molecule has 0 radical (unpaired) electrons. The van der Waals surface area contributed by atoms with E-state index in [1.165, 1.54) is 70.6 Å². The Morgan fingerprint density at radius 2 is 1.71 bits per heavy atom. The van der Waals surface area contributed by atoms with E-state index in [1.54, 1.807) is 0 Å². The first-order chi connectivity index (χ1) is 16.7. The van der Waals surface area contributed by atoms with Gasteiger partial charge in [0.2, 0.25) is 0 Å². The Bertz CT molecular complexity index is 706. The van der Waals surface area contributed by atoms with Crippen molar-refractivity contribution in [3.63, 3.8) is 0 Å². The number of carbonyl (C=O) groups excluding carboxylic acids is 1. The van der Waals surface area contributed by atoms with Crippen LogP contribution in [-0.2, 0) is 9.53 Å². The number of fused-ring (bicyclic) bond motifs is 5. The molecule has 0 N–H and O–H groups in total. The first kappa shape index (κ1) is 27.8. The summed E-state index contributed by atoms with van der Waals surface area (Å²) >= 11 is 5.84. The largest absolute Gasteiger partial charge is 0.462 e. The molecule has 2 nitrogen and oxygen atoms in total. The molecule has 4 aliphatic carbocycles. The van der Waals surface area contributed by atoms with E-state index in [9.17, 15) is 4.79 Å². The predicted molar refractivity (Wildman–Crippen MR) is 148 cm³/mol. The molecule has 0 saturated heterocycles. The topological polar surface area (TPSA) is 26.3 Å². The Balaban J connectivity index is 1.46. The van der Waals surface area contributed by atoms with Gasteiger partial charge in [0.25, 0.3) is 0 Å². The van der Waals surface area contributed by atoms with Crippen LogP contribution in [0.2, 0.25) is 0 Å². The van der Waals surface area contributed by atoms with Crippen molar-refractivity contribution in [2.45, 2.75) is 137 Å². The second-order valence-electron chi connectivity index (χ2n) is 14.1. The van der Waals surface area contributed by atoms with Gasteiger partial charge in [-0.3, -0.25) is 4.79 Å². The van der Waals surface area contributed by atoms with E-state index in [0.29, 0.717) is 17.7 Å². The van der Waals surface area contributed by atoms with Crippen molar-refractivity contribution < 1.29 is 9.53 Å².